The predicted molar refractivity (Wildman–Crippen MR) is 80.3 cm³/mol. The topological polar surface area (TPSA) is 58.4 Å². The Bertz CT molecular complexity index is 339. The summed E-state index contributed by atoms with van der Waals surface area (Å²) in [6, 6.07) is 0.789. The number of hydrogen-bond donors (Lipinski definition) is 2. The molecule has 20 heavy (non-hydrogen) atoms. The molecule has 3 unspecified atom stereocenters. The number of amides is 1. The summed E-state index contributed by atoms with van der Waals surface area (Å²) in [4.78, 5) is 14.6. The zero-order chi connectivity index (χ0) is 13.9. The molecule has 0 aromatic heterocycles. The number of rotatable bonds is 4. The average molecular weight is 279 g/mol. The van der Waals surface area contributed by atoms with Gasteiger partial charge in [-0.05, 0) is 57.0 Å². The number of nitrogens with two attached hydrogens (primary N) is 1. The van der Waals surface area contributed by atoms with Gasteiger partial charge in [0.25, 0.3) is 0 Å². The molecule has 4 nitrogen and oxygen atoms in total. The standard InChI is InChI=1S/C16H29N3O/c17-14-3-1-2-12(10-14)4-5-16(20)18-15-11-19-8-6-13(15)7-9-19/h12-15H,1-11,17H2,(H,18,20). The van der Waals surface area contributed by atoms with Gasteiger partial charge in [-0.1, -0.05) is 12.8 Å². The van der Waals surface area contributed by atoms with Gasteiger partial charge in [0, 0.05) is 25.0 Å². The van der Waals surface area contributed by atoms with Gasteiger partial charge < -0.3 is 16.0 Å². The summed E-state index contributed by atoms with van der Waals surface area (Å²) in [6.07, 6.45) is 9.05. The molecule has 0 radical (unpaired) electrons. The first-order valence-electron chi connectivity index (χ1n) is 8.48. The summed E-state index contributed by atoms with van der Waals surface area (Å²) < 4.78 is 0. The maximum atomic E-state index is 12.2. The summed E-state index contributed by atoms with van der Waals surface area (Å²) in [5.41, 5.74) is 6.02. The minimum absolute atomic E-state index is 0.267. The number of nitrogens with one attached hydrogen (secondary N) is 1. The highest BCUT2D eigenvalue weighted by Gasteiger charge is 2.34. The SMILES string of the molecule is NC1CCCC(CCC(=O)NC2CN3CCC2CC3)C1. The molecule has 1 amide bonds. The quantitative estimate of drug-likeness (QED) is 0.820. The zero-order valence-corrected chi connectivity index (χ0v) is 12.5. The molecule has 3 N–H and O–H groups in total. The highest BCUT2D eigenvalue weighted by atomic mass is 16.1. The number of fused-ring (bicyclic) bond motifs is 3. The second kappa shape index (κ2) is 6.44. The van der Waals surface area contributed by atoms with Crippen LogP contribution in [0.3, 0.4) is 0 Å². The Kier molecular flexibility index (Phi) is 4.61. The van der Waals surface area contributed by atoms with Crippen molar-refractivity contribution in [1.29, 1.82) is 0 Å². The number of nitrogens with zero attached hydrogens (tertiary/aromatic N) is 1. The van der Waals surface area contributed by atoms with Gasteiger partial charge in [0.05, 0.1) is 0 Å². The van der Waals surface area contributed by atoms with Crippen molar-refractivity contribution in [3.8, 4) is 0 Å². The van der Waals surface area contributed by atoms with Crippen LogP contribution in [0.1, 0.15) is 51.4 Å². The minimum atomic E-state index is 0.267. The van der Waals surface area contributed by atoms with E-state index in [-0.39, 0.29) is 5.91 Å². The van der Waals surface area contributed by atoms with Gasteiger partial charge in [-0.15, -0.1) is 0 Å². The van der Waals surface area contributed by atoms with Gasteiger partial charge in [-0.3, -0.25) is 4.79 Å². The van der Waals surface area contributed by atoms with Crippen LogP contribution in [0.5, 0.6) is 0 Å². The second-order valence-electron chi connectivity index (χ2n) is 7.14. The van der Waals surface area contributed by atoms with Gasteiger partial charge in [-0.25, -0.2) is 0 Å². The lowest BCUT2D eigenvalue weighted by molar-refractivity contribution is -0.123. The first-order chi connectivity index (χ1) is 9.70. The Morgan fingerprint density at radius 1 is 1.20 bits per heavy atom. The molecule has 0 spiro atoms. The zero-order valence-electron chi connectivity index (χ0n) is 12.5. The summed E-state index contributed by atoms with van der Waals surface area (Å²) in [6.45, 7) is 3.54. The maximum Gasteiger partial charge on any atom is 0.220 e. The molecule has 4 fully saturated rings. The third kappa shape index (κ3) is 3.53. The molecule has 0 aromatic carbocycles. The van der Waals surface area contributed by atoms with E-state index in [9.17, 15) is 4.79 Å². The Morgan fingerprint density at radius 2 is 2.00 bits per heavy atom. The molecule has 2 bridgehead atoms. The van der Waals surface area contributed by atoms with Crippen molar-refractivity contribution in [1.82, 2.24) is 10.2 Å². The fraction of sp³-hybridized carbons (Fsp3) is 0.938. The van der Waals surface area contributed by atoms with Crippen LogP contribution in [0.4, 0.5) is 0 Å². The number of carbonyl (C=O) groups excluding carboxylic acids is 1. The third-order valence-electron chi connectivity index (χ3n) is 5.61. The molecular formula is C16H29N3O. The van der Waals surface area contributed by atoms with Crippen LogP contribution < -0.4 is 11.1 Å². The molecule has 0 aromatic rings. The first kappa shape index (κ1) is 14.3. The lowest BCUT2D eigenvalue weighted by Crippen LogP contribution is -2.57. The molecule has 4 heteroatoms. The van der Waals surface area contributed by atoms with E-state index in [1.807, 2.05) is 0 Å². The molecule has 3 heterocycles. The van der Waals surface area contributed by atoms with E-state index in [2.05, 4.69) is 10.2 Å². The van der Waals surface area contributed by atoms with Crippen molar-refractivity contribution in [2.75, 3.05) is 19.6 Å². The highest BCUT2D eigenvalue weighted by Crippen LogP contribution is 2.29. The largest absolute Gasteiger partial charge is 0.352 e. The lowest BCUT2D eigenvalue weighted by Gasteiger charge is -2.45. The van der Waals surface area contributed by atoms with Crippen LogP contribution in [0, 0.1) is 11.8 Å². The van der Waals surface area contributed by atoms with E-state index in [0.717, 1.165) is 25.3 Å². The monoisotopic (exact) mass is 279 g/mol. The molecule has 114 valence electrons. The summed E-state index contributed by atoms with van der Waals surface area (Å²) in [5, 5.41) is 3.29. The number of piperidine rings is 3. The molecule has 4 aliphatic rings. The predicted octanol–water partition coefficient (Wildman–Crippen LogP) is 1.49. The molecule has 3 atom stereocenters. The maximum absolute atomic E-state index is 12.2. The van der Waals surface area contributed by atoms with Crippen molar-refractivity contribution in [3.63, 3.8) is 0 Å². The van der Waals surface area contributed by atoms with Gasteiger partial charge in [0.1, 0.15) is 0 Å². The minimum Gasteiger partial charge on any atom is -0.352 e. The van der Waals surface area contributed by atoms with Crippen LogP contribution in [-0.4, -0.2) is 42.5 Å². The van der Waals surface area contributed by atoms with Crippen LogP contribution in [0.15, 0.2) is 0 Å². The van der Waals surface area contributed by atoms with E-state index < -0.39 is 0 Å². The Hall–Kier alpha value is -0.610. The molecule has 1 aliphatic carbocycles. The van der Waals surface area contributed by atoms with Crippen molar-refractivity contribution in [3.05, 3.63) is 0 Å². The summed E-state index contributed by atoms with van der Waals surface area (Å²) in [5.74, 6) is 1.67. The normalized spacial score (nSPS) is 40.5. The van der Waals surface area contributed by atoms with Crippen LogP contribution in [-0.2, 0) is 4.79 Å². The van der Waals surface area contributed by atoms with Gasteiger partial charge in [0.15, 0.2) is 0 Å². The molecule has 3 aliphatic heterocycles. The molecule has 3 saturated heterocycles. The van der Waals surface area contributed by atoms with Crippen molar-refractivity contribution < 1.29 is 4.79 Å². The highest BCUT2D eigenvalue weighted by molar-refractivity contribution is 5.76. The summed E-state index contributed by atoms with van der Waals surface area (Å²) in [7, 11) is 0. The van der Waals surface area contributed by atoms with E-state index >= 15 is 0 Å². The smallest absolute Gasteiger partial charge is 0.220 e. The number of hydrogen-bond acceptors (Lipinski definition) is 3. The fourth-order valence-corrected chi connectivity index (χ4v) is 4.34. The summed E-state index contributed by atoms with van der Waals surface area (Å²) >= 11 is 0. The Labute approximate surface area is 122 Å². The lowest BCUT2D eigenvalue weighted by atomic mass is 9.82. The van der Waals surface area contributed by atoms with Crippen LogP contribution in [0.2, 0.25) is 0 Å². The first-order valence-corrected chi connectivity index (χ1v) is 8.48. The third-order valence-corrected chi connectivity index (χ3v) is 5.61. The van der Waals surface area contributed by atoms with E-state index in [1.54, 1.807) is 0 Å². The van der Waals surface area contributed by atoms with Crippen molar-refractivity contribution >= 4 is 5.91 Å². The molecular weight excluding hydrogens is 250 g/mol. The van der Waals surface area contributed by atoms with Gasteiger partial charge in [0.2, 0.25) is 5.91 Å². The fourth-order valence-electron chi connectivity index (χ4n) is 4.34. The van der Waals surface area contributed by atoms with Crippen molar-refractivity contribution in [2.45, 2.75) is 63.5 Å². The van der Waals surface area contributed by atoms with Crippen molar-refractivity contribution in [2.24, 2.45) is 17.6 Å². The van der Waals surface area contributed by atoms with Crippen LogP contribution in [0.25, 0.3) is 0 Å². The van der Waals surface area contributed by atoms with E-state index in [0.29, 0.717) is 24.4 Å². The van der Waals surface area contributed by atoms with E-state index in [1.165, 1.54) is 45.2 Å². The van der Waals surface area contributed by atoms with Crippen LogP contribution >= 0.6 is 0 Å². The van der Waals surface area contributed by atoms with E-state index in [4.69, 9.17) is 5.73 Å². The van der Waals surface area contributed by atoms with Gasteiger partial charge >= 0.3 is 0 Å². The number of carbonyl (C=O) groups is 1. The average Bonchev–Trinajstić information content (AvgIpc) is 2.46. The molecule has 1 saturated carbocycles. The van der Waals surface area contributed by atoms with Gasteiger partial charge in [-0.2, -0.15) is 0 Å². The second-order valence-corrected chi connectivity index (χ2v) is 7.14. The molecule has 4 rings (SSSR count). The Balaban J connectivity index is 1.39. The Morgan fingerprint density at radius 3 is 2.65 bits per heavy atom.